The Balaban J connectivity index is 1.71. The number of halogens is 1. The molecule has 0 saturated carbocycles. The van der Waals surface area contributed by atoms with Gasteiger partial charge in [-0.25, -0.2) is 27.3 Å². The average molecular weight is 539 g/mol. The summed E-state index contributed by atoms with van der Waals surface area (Å²) in [4.78, 5) is 16.9. The van der Waals surface area contributed by atoms with Crippen LogP contribution in [0.25, 0.3) is 22.2 Å². The van der Waals surface area contributed by atoms with Gasteiger partial charge in [-0.05, 0) is 53.6 Å². The number of carbonyl (C=O) groups excluding carboxylic acids is 1. The summed E-state index contributed by atoms with van der Waals surface area (Å²) in [6.45, 7) is 0.0112. The first-order valence-electron chi connectivity index (χ1n) is 11.6. The summed E-state index contributed by atoms with van der Waals surface area (Å²) < 4.78 is 54.6. The fraction of sp³-hybridized carbons (Fsp3) is 0.185. The number of allylic oxidation sites excluding steroid dienone is 1. The first-order valence-corrected chi connectivity index (χ1v) is 13.1. The van der Waals surface area contributed by atoms with Crippen molar-refractivity contribution in [2.45, 2.75) is 18.0 Å². The summed E-state index contributed by atoms with van der Waals surface area (Å²) in [7, 11) is -1.06. The minimum atomic E-state index is -3.87. The maximum atomic E-state index is 14.2. The minimum Gasteiger partial charge on any atom is -0.497 e. The van der Waals surface area contributed by atoms with Gasteiger partial charge in [-0.15, -0.1) is 0 Å². The van der Waals surface area contributed by atoms with Crippen LogP contribution in [0.2, 0.25) is 0 Å². The predicted molar refractivity (Wildman–Crippen MR) is 142 cm³/mol. The van der Waals surface area contributed by atoms with E-state index in [4.69, 9.17) is 15.2 Å². The number of sulfonamides is 1. The number of benzene rings is 3. The van der Waals surface area contributed by atoms with Gasteiger partial charge in [0.25, 0.3) is 0 Å². The molecule has 4 aromatic rings. The highest BCUT2D eigenvalue weighted by Crippen LogP contribution is 2.31. The largest absolute Gasteiger partial charge is 0.497 e. The van der Waals surface area contributed by atoms with Crippen LogP contribution in [0.15, 0.2) is 83.8 Å². The lowest BCUT2D eigenvalue weighted by atomic mass is 10.0. The normalized spacial score (nSPS) is 12.1. The number of hydrogen-bond donors (Lipinski definition) is 2. The van der Waals surface area contributed by atoms with Gasteiger partial charge in [0, 0.05) is 18.7 Å². The molecule has 0 fully saturated rings. The Labute approximate surface area is 219 Å². The molecule has 0 unspecified atom stereocenters. The van der Waals surface area contributed by atoms with Gasteiger partial charge in [0.2, 0.25) is 10.0 Å². The number of ether oxygens (including phenoxy) is 2. The molecule has 9 nitrogen and oxygen atoms in total. The number of methoxy groups -OCH3 is 2. The van der Waals surface area contributed by atoms with Crippen LogP contribution < -0.4 is 15.2 Å². The van der Waals surface area contributed by atoms with E-state index in [0.717, 1.165) is 5.56 Å². The van der Waals surface area contributed by atoms with Gasteiger partial charge in [0.1, 0.15) is 11.6 Å². The molecule has 0 saturated heterocycles. The second-order valence-corrected chi connectivity index (χ2v) is 10.1. The number of rotatable bonds is 10. The zero-order valence-electron chi connectivity index (χ0n) is 20.8. The van der Waals surface area contributed by atoms with Crippen molar-refractivity contribution in [3.8, 4) is 16.9 Å². The van der Waals surface area contributed by atoms with E-state index in [1.165, 1.54) is 31.6 Å². The number of hydrogen-bond acceptors (Lipinski definition) is 7. The maximum absolute atomic E-state index is 14.2. The van der Waals surface area contributed by atoms with E-state index in [0.29, 0.717) is 27.9 Å². The van der Waals surface area contributed by atoms with Crippen molar-refractivity contribution in [3.05, 3.63) is 90.0 Å². The van der Waals surface area contributed by atoms with Gasteiger partial charge in [-0.2, -0.15) is 0 Å². The molecule has 0 aliphatic rings. The van der Waals surface area contributed by atoms with Crippen LogP contribution in [0, 0.1) is 0 Å². The Morgan fingerprint density at radius 2 is 1.89 bits per heavy atom. The quantitative estimate of drug-likeness (QED) is 0.294. The van der Waals surface area contributed by atoms with E-state index in [1.807, 2.05) is 0 Å². The van der Waals surface area contributed by atoms with Crippen molar-refractivity contribution in [1.29, 1.82) is 0 Å². The zero-order valence-corrected chi connectivity index (χ0v) is 21.7. The van der Waals surface area contributed by atoms with Crippen molar-refractivity contribution in [2.75, 3.05) is 20.8 Å². The maximum Gasteiger partial charge on any atom is 0.337 e. The monoisotopic (exact) mass is 538 g/mol. The van der Waals surface area contributed by atoms with E-state index in [1.54, 1.807) is 60.2 Å². The highest BCUT2D eigenvalue weighted by Gasteiger charge is 2.19. The zero-order chi connectivity index (χ0) is 27.3. The summed E-state index contributed by atoms with van der Waals surface area (Å²) in [6, 6.07) is 16.5. The van der Waals surface area contributed by atoms with Gasteiger partial charge < -0.3 is 19.8 Å². The fourth-order valence-electron chi connectivity index (χ4n) is 3.94. The summed E-state index contributed by atoms with van der Waals surface area (Å²) in [5, 5.41) is 0. The molecule has 0 radical (unpaired) electrons. The number of nitrogens with zero attached hydrogens (tertiary/aromatic N) is 2. The molecule has 0 bridgehead atoms. The van der Waals surface area contributed by atoms with E-state index in [2.05, 4.69) is 9.71 Å². The van der Waals surface area contributed by atoms with Crippen LogP contribution >= 0.6 is 0 Å². The number of imidazole rings is 1. The molecular weight excluding hydrogens is 511 g/mol. The standard InChI is InChI=1S/C27H27FN4O5S/c1-36-22-8-6-18(7-9-22)15-31-38(34,35)23-5-3-4-19(12-23)24-13-20(27(33)37-2)14-25-26(24)30-17-32(25)16-21(28)10-11-29/h3-10,12-14,17,31H,11,15-16,29H2,1-2H3/b21-10-. The fourth-order valence-corrected chi connectivity index (χ4v) is 5.00. The summed E-state index contributed by atoms with van der Waals surface area (Å²) >= 11 is 0. The molecule has 1 aromatic heterocycles. The number of aromatic nitrogens is 2. The second kappa shape index (κ2) is 11.5. The number of carbonyl (C=O) groups is 1. The van der Waals surface area contributed by atoms with Crippen molar-refractivity contribution in [1.82, 2.24) is 14.3 Å². The third-order valence-corrected chi connectivity index (χ3v) is 7.29. The van der Waals surface area contributed by atoms with E-state index >= 15 is 0 Å². The van der Waals surface area contributed by atoms with Gasteiger partial charge in [0.15, 0.2) is 0 Å². The first-order chi connectivity index (χ1) is 18.2. The van der Waals surface area contributed by atoms with Crippen LogP contribution in [0.3, 0.4) is 0 Å². The van der Waals surface area contributed by atoms with Crippen LogP contribution in [-0.4, -0.2) is 44.7 Å². The molecule has 0 spiro atoms. The van der Waals surface area contributed by atoms with Crippen molar-refractivity contribution < 1.29 is 27.1 Å². The molecular formula is C27H27FN4O5S. The number of esters is 1. The molecule has 0 amide bonds. The Morgan fingerprint density at radius 3 is 2.58 bits per heavy atom. The molecule has 3 aromatic carbocycles. The van der Waals surface area contributed by atoms with Crippen LogP contribution in [0.5, 0.6) is 5.75 Å². The minimum absolute atomic E-state index is 0.0384. The SMILES string of the molecule is COC(=O)c1cc(-c2cccc(S(=O)(=O)NCc3ccc(OC)cc3)c2)c2ncn(C/C(F)=C/CN)c2c1. The first kappa shape index (κ1) is 27.0. The Bertz CT molecular complexity index is 1600. The van der Waals surface area contributed by atoms with Crippen LogP contribution in [-0.2, 0) is 27.8 Å². The molecule has 1 heterocycles. The van der Waals surface area contributed by atoms with Crippen LogP contribution in [0.4, 0.5) is 4.39 Å². The third kappa shape index (κ3) is 5.91. The number of nitrogens with one attached hydrogen (secondary N) is 1. The van der Waals surface area contributed by atoms with E-state index < -0.39 is 21.8 Å². The number of nitrogens with two attached hydrogens (primary N) is 1. The van der Waals surface area contributed by atoms with Gasteiger partial charge in [-0.3, -0.25) is 0 Å². The molecule has 0 atom stereocenters. The van der Waals surface area contributed by atoms with Gasteiger partial charge in [-0.1, -0.05) is 24.3 Å². The summed E-state index contributed by atoms with van der Waals surface area (Å²) in [5.41, 5.74) is 8.34. The Kier molecular flexibility index (Phi) is 8.20. The lowest BCUT2D eigenvalue weighted by Gasteiger charge is -2.11. The molecule has 198 valence electrons. The highest BCUT2D eigenvalue weighted by molar-refractivity contribution is 7.89. The predicted octanol–water partition coefficient (Wildman–Crippen LogP) is 3.79. The van der Waals surface area contributed by atoms with Crippen LogP contribution in [0.1, 0.15) is 15.9 Å². The molecule has 4 rings (SSSR count). The Hall–Kier alpha value is -4.06. The summed E-state index contributed by atoms with van der Waals surface area (Å²) in [5.74, 6) is -0.373. The lowest BCUT2D eigenvalue weighted by Crippen LogP contribution is -2.23. The number of fused-ring (bicyclic) bond motifs is 1. The average Bonchev–Trinajstić information content (AvgIpc) is 3.33. The van der Waals surface area contributed by atoms with Crippen molar-refractivity contribution >= 4 is 27.0 Å². The van der Waals surface area contributed by atoms with Gasteiger partial charge in [0.05, 0.1) is 48.6 Å². The molecule has 11 heteroatoms. The van der Waals surface area contributed by atoms with E-state index in [9.17, 15) is 17.6 Å². The smallest absolute Gasteiger partial charge is 0.337 e. The van der Waals surface area contributed by atoms with Crippen molar-refractivity contribution in [3.63, 3.8) is 0 Å². The van der Waals surface area contributed by atoms with Gasteiger partial charge >= 0.3 is 5.97 Å². The molecule has 0 aliphatic heterocycles. The summed E-state index contributed by atoms with van der Waals surface area (Å²) in [6.07, 6.45) is 2.71. The van der Waals surface area contributed by atoms with Crippen molar-refractivity contribution in [2.24, 2.45) is 5.73 Å². The lowest BCUT2D eigenvalue weighted by molar-refractivity contribution is 0.0601. The van der Waals surface area contributed by atoms with E-state index in [-0.39, 0.29) is 30.1 Å². The molecule has 0 aliphatic carbocycles. The Morgan fingerprint density at radius 1 is 1.13 bits per heavy atom. The molecule has 3 N–H and O–H groups in total. The molecule has 38 heavy (non-hydrogen) atoms. The third-order valence-electron chi connectivity index (χ3n) is 5.89. The second-order valence-electron chi connectivity index (χ2n) is 8.34. The highest BCUT2D eigenvalue weighted by atomic mass is 32.2. The topological polar surface area (TPSA) is 126 Å².